The lowest BCUT2D eigenvalue weighted by atomic mass is 9.93. The Kier molecular flexibility index (Phi) is 5.85. The van der Waals surface area contributed by atoms with Crippen molar-refractivity contribution in [3.8, 4) is 0 Å². The lowest BCUT2D eigenvalue weighted by molar-refractivity contribution is 0.189. The molecule has 0 radical (unpaired) electrons. The van der Waals surface area contributed by atoms with E-state index in [2.05, 4.69) is 31.7 Å². The molecule has 1 saturated heterocycles. The maximum Gasteiger partial charge on any atom is 0.193 e. The third kappa shape index (κ3) is 4.03. The average molecular weight is 361 g/mol. The number of aliphatic imine (C=N–C) groups is 1. The largest absolute Gasteiger partial charge is 0.356 e. The molecule has 1 aliphatic heterocycles. The summed E-state index contributed by atoms with van der Waals surface area (Å²) in [5.41, 5.74) is 0.110. The van der Waals surface area contributed by atoms with Crippen molar-refractivity contribution in [2.24, 2.45) is 10.9 Å². The van der Waals surface area contributed by atoms with E-state index < -0.39 is 11.6 Å². The molecule has 2 heterocycles. The van der Waals surface area contributed by atoms with Crippen molar-refractivity contribution in [2.75, 3.05) is 26.7 Å². The van der Waals surface area contributed by atoms with Gasteiger partial charge < -0.3 is 14.8 Å². The zero-order chi connectivity index (χ0) is 18.5. The second-order valence-corrected chi connectivity index (χ2v) is 6.71. The highest BCUT2D eigenvalue weighted by molar-refractivity contribution is 5.80. The first-order valence-electron chi connectivity index (χ1n) is 8.96. The number of likely N-dealkylation sites (tertiary alicyclic amines) is 1. The third-order valence-corrected chi connectivity index (χ3v) is 5.06. The van der Waals surface area contributed by atoms with Gasteiger partial charge in [-0.05, 0) is 30.9 Å². The van der Waals surface area contributed by atoms with E-state index in [0.717, 1.165) is 25.5 Å². The van der Waals surface area contributed by atoms with Crippen LogP contribution in [0.5, 0.6) is 0 Å². The average Bonchev–Trinajstić information content (AvgIpc) is 3.16. The summed E-state index contributed by atoms with van der Waals surface area (Å²) in [6, 6.07) is 4.28. The smallest absolute Gasteiger partial charge is 0.193 e. The van der Waals surface area contributed by atoms with Gasteiger partial charge in [0.15, 0.2) is 5.96 Å². The number of halogens is 2. The van der Waals surface area contributed by atoms with Crippen molar-refractivity contribution in [1.29, 1.82) is 0 Å². The minimum absolute atomic E-state index is 0.110. The molecular weight excluding hydrogens is 336 g/mol. The number of hydrogen-bond acceptors (Lipinski definition) is 2. The first-order valence-corrected chi connectivity index (χ1v) is 8.96. The van der Waals surface area contributed by atoms with Crippen LogP contribution in [0, 0.1) is 17.6 Å². The highest BCUT2D eigenvalue weighted by atomic mass is 19.1. The molecule has 7 heteroatoms. The molecule has 1 aromatic carbocycles. The maximum absolute atomic E-state index is 13.7. The third-order valence-electron chi connectivity index (χ3n) is 5.06. The summed E-state index contributed by atoms with van der Waals surface area (Å²) in [4.78, 5) is 10.7. The zero-order valence-electron chi connectivity index (χ0n) is 15.2. The molecule has 5 nitrogen and oxygen atoms in total. The van der Waals surface area contributed by atoms with E-state index in [1.54, 1.807) is 13.2 Å². The summed E-state index contributed by atoms with van der Waals surface area (Å²) in [7, 11) is 1.73. The summed E-state index contributed by atoms with van der Waals surface area (Å²) >= 11 is 0. The summed E-state index contributed by atoms with van der Waals surface area (Å²) in [5, 5.41) is 3.24. The van der Waals surface area contributed by atoms with E-state index >= 15 is 0 Å². The van der Waals surface area contributed by atoms with E-state index in [1.165, 1.54) is 18.2 Å². The van der Waals surface area contributed by atoms with Gasteiger partial charge in [-0.25, -0.2) is 13.8 Å². The van der Waals surface area contributed by atoms with Crippen LogP contribution in [0.4, 0.5) is 8.78 Å². The second kappa shape index (κ2) is 8.29. The number of benzene rings is 1. The van der Waals surface area contributed by atoms with Crippen LogP contribution in [0.3, 0.4) is 0 Å². The maximum atomic E-state index is 13.7. The molecule has 3 rings (SSSR count). The zero-order valence-corrected chi connectivity index (χ0v) is 15.2. The molecular formula is C19H25F2N5. The van der Waals surface area contributed by atoms with Crippen molar-refractivity contribution >= 4 is 5.96 Å². The molecule has 1 aromatic heterocycles. The Hall–Kier alpha value is -2.44. The SMILES string of the molecule is CN=C(NCCc1c(F)cccc1F)N1CCC(C)C(n2ccnc2)C1. The van der Waals surface area contributed by atoms with Crippen molar-refractivity contribution in [3.05, 3.63) is 54.1 Å². The summed E-state index contributed by atoms with van der Waals surface area (Å²) in [5.74, 6) is 0.298. The molecule has 26 heavy (non-hydrogen) atoms. The van der Waals surface area contributed by atoms with Gasteiger partial charge >= 0.3 is 0 Å². The van der Waals surface area contributed by atoms with Gasteiger partial charge in [-0.15, -0.1) is 0 Å². The fourth-order valence-electron chi connectivity index (χ4n) is 3.50. The number of nitrogens with one attached hydrogen (secondary N) is 1. The molecule has 2 unspecified atom stereocenters. The lowest BCUT2D eigenvalue weighted by Gasteiger charge is -2.39. The van der Waals surface area contributed by atoms with Crippen molar-refractivity contribution < 1.29 is 8.78 Å². The van der Waals surface area contributed by atoms with Crippen molar-refractivity contribution in [3.63, 3.8) is 0 Å². The van der Waals surface area contributed by atoms with Gasteiger partial charge in [0.25, 0.3) is 0 Å². The number of imidazole rings is 1. The summed E-state index contributed by atoms with van der Waals surface area (Å²) in [6.45, 7) is 4.40. The van der Waals surface area contributed by atoms with E-state index in [0.29, 0.717) is 18.5 Å². The Bertz CT molecular complexity index is 724. The highest BCUT2D eigenvalue weighted by Gasteiger charge is 2.28. The molecule has 0 saturated carbocycles. The first-order chi connectivity index (χ1) is 12.6. The van der Waals surface area contributed by atoms with Crippen LogP contribution >= 0.6 is 0 Å². The Balaban J connectivity index is 1.60. The van der Waals surface area contributed by atoms with Crippen LogP contribution in [0.2, 0.25) is 0 Å². The molecule has 1 aliphatic rings. The monoisotopic (exact) mass is 361 g/mol. The van der Waals surface area contributed by atoms with E-state index in [4.69, 9.17) is 0 Å². The molecule has 2 aromatic rings. The van der Waals surface area contributed by atoms with Crippen LogP contribution < -0.4 is 5.32 Å². The van der Waals surface area contributed by atoms with Crippen LogP contribution in [-0.2, 0) is 6.42 Å². The molecule has 140 valence electrons. The number of piperidine rings is 1. The van der Waals surface area contributed by atoms with Crippen molar-refractivity contribution in [2.45, 2.75) is 25.8 Å². The highest BCUT2D eigenvalue weighted by Crippen LogP contribution is 2.27. The number of rotatable bonds is 4. The van der Waals surface area contributed by atoms with Gasteiger partial charge in [-0.1, -0.05) is 13.0 Å². The Morgan fingerprint density at radius 2 is 2.12 bits per heavy atom. The number of nitrogens with zero attached hydrogens (tertiary/aromatic N) is 4. The standard InChI is InChI=1S/C19H25F2N5/c1-14-7-10-25(12-18(14)26-11-9-23-13-26)19(22-2)24-8-6-15-16(20)4-3-5-17(15)21/h3-5,9,11,13-14,18H,6-8,10,12H2,1-2H3,(H,22,24). The van der Waals surface area contributed by atoms with Crippen molar-refractivity contribution in [1.82, 2.24) is 19.8 Å². The number of aromatic nitrogens is 2. The van der Waals surface area contributed by atoms with Gasteiger partial charge in [0.1, 0.15) is 11.6 Å². The fraction of sp³-hybridized carbons (Fsp3) is 0.474. The minimum atomic E-state index is -0.506. The topological polar surface area (TPSA) is 45.5 Å². The minimum Gasteiger partial charge on any atom is -0.356 e. The Morgan fingerprint density at radius 1 is 1.35 bits per heavy atom. The second-order valence-electron chi connectivity index (χ2n) is 6.71. The van der Waals surface area contributed by atoms with E-state index in [-0.39, 0.29) is 12.0 Å². The molecule has 1 N–H and O–H groups in total. The number of hydrogen-bond donors (Lipinski definition) is 1. The molecule has 0 aliphatic carbocycles. The summed E-state index contributed by atoms with van der Waals surface area (Å²) in [6.07, 6.45) is 6.95. The van der Waals surface area contributed by atoms with Crippen LogP contribution in [0.25, 0.3) is 0 Å². The van der Waals surface area contributed by atoms with Gasteiger partial charge in [0.2, 0.25) is 0 Å². The van der Waals surface area contributed by atoms with E-state index in [9.17, 15) is 8.78 Å². The first kappa shape index (κ1) is 18.4. The summed E-state index contributed by atoms with van der Waals surface area (Å²) < 4.78 is 29.6. The number of guanidine groups is 1. The molecule has 0 bridgehead atoms. The normalized spacial score (nSPS) is 21.1. The predicted molar refractivity (Wildman–Crippen MR) is 98.0 cm³/mol. The quantitative estimate of drug-likeness (QED) is 0.673. The molecule has 1 fully saturated rings. The Labute approximate surface area is 152 Å². The van der Waals surface area contributed by atoms with Crippen LogP contribution in [-0.4, -0.2) is 47.1 Å². The lowest BCUT2D eigenvalue weighted by Crippen LogP contribution is -2.49. The van der Waals surface area contributed by atoms with Gasteiger partial charge in [-0.3, -0.25) is 4.99 Å². The molecule has 2 atom stereocenters. The molecule has 0 spiro atoms. The van der Waals surface area contributed by atoms with E-state index in [1.807, 2.05) is 12.5 Å². The van der Waals surface area contributed by atoms with Crippen LogP contribution in [0.1, 0.15) is 24.9 Å². The van der Waals surface area contributed by atoms with Crippen LogP contribution in [0.15, 0.2) is 41.9 Å². The fourth-order valence-corrected chi connectivity index (χ4v) is 3.50. The van der Waals surface area contributed by atoms with Gasteiger partial charge in [0, 0.05) is 44.6 Å². The Morgan fingerprint density at radius 3 is 2.77 bits per heavy atom. The molecule has 0 amide bonds. The van der Waals surface area contributed by atoms with Gasteiger partial charge in [0.05, 0.1) is 12.4 Å². The predicted octanol–water partition coefficient (Wildman–Crippen LogP) is 2.86. The van der Waals surface area contributed by atoms with Gasteiger partial charge in [-0.2, -0.15) is 0 Å².